The molecule has 0 bridgehead atoms. The summed E-state index contributed by atoms with van der Waals surface area (Å²) in [5, 5.41) is 2.94. The summed E-state index contributed by atoms with van der Waals surface area (Å²) in [5.41, 5.74) is 1.89. The van der Waals surface area contributed by atoms with E-state index < -0.39 is 12.1 Å². The van der Waals surface area contributed by atoms with Crippen LogP contribution >= 0.6 is 0 Å². The molecular formula is C24H23NO4. The Kier molecular flexibility index (Phi) is 7.00. The van der Waals surface area contributed by atoms with Crippen LogP contribution in [0.5, 0.6) is 5.75 Å². The maximum absolute atomic E-state index is 12.5. The average Bonchev–Trinajstić information content (AvgIpc) is 2.77. The Morgan fingerprint density at radius 2 is 1.28 bits per heavy atom. The third-order valence-corrected chi connectivity index (χ3v) is 4.30. The zero-order valence-corrected chi connectivity index (χ0v) is 16.2. The van der Waals surface area contributed by atoms with Crippen molar-refractivity contribution in [2.75, 3.05) is 6.61 Å². The van der Waals surface area contributed by atoms with Gasteiger partial charge in [-0.1, -0.05) is 78.9 Å². The number of carbonyl (C=O) groups is 2. The van der Waals surface area contributed by atoms with Crippen LogP contribution in [0.4, 0.5) is 0 Å². The second-order valence-corrected chi connectivity index (χ2v) is 6.50. The third-order valence-electron chi connectivity index (χ3n) is 4.30. The molecule has 5 heteroatoms. The molecule has 1 N–H and O–H groups in total. The molecule has 0 saturated carbocycles. The van der Waals surface area contributed by atoms with E-state index in [9.17, 15) is 9.59 Å². The van der Waals surface area contributed by atoms with Gasteiger partial charge < -0.3 is 14.8 Å². The molecule has 5 nitrogen and oxygen atoms in total. The largest absolute Gasteiger partial charge is 0.479 e. The normalized spacial score (nSPS) is 11.5. The highest BCUT2D eigenvalue weighted by molar-refractivity contribution is 5.82. The van der Waals surface area contributed by atoms with Crippen LogP contribution in [0, 0.1) is 0 Å². The molecule has 1 atom stereocenters. The third kappa shape index (κ3) is 5.94. The van der Waals surface area contributed by atoms with Crippen molar-refractivity contribution in [3.05, 3.63) is 102 Å². The summed E-state index contributed by atoms with van der Waals surface area (Å²) in [7, 11) is 0. The van der Waals surface area contributed by atoms with E-state index in [1.54, 1.807) is 19.1 Å². The van der Waals surface area contributed by atoms with E-state index in [4.69, 9.17) is 9.47 Å². The highest BCUT2D eigenvalue weighted by Crippen LogP contribution is 2.21. The molecule has 0 radical (unpaired) electrons. The van der Waals surface area contributed by atoms with Crippen molar-refractivity contribution in [2.45, 2.75) is 19.1 Å². The van der Waals surface area contributed by atoms with Crippen LogP contribution in [0.25, 0.3) is 0 Å². The number of rotatable bonds is 8. The molecular weight excluding hydrogens is 366 g/mol. The lowest BCUT2D eigenvalue weighted by Crippen LogP contribution is -2.35. The van der Waals surface area contributed by atoms with E-state index in [1.807, 2.05) is 78.9 Å². The Balaban J connectivity index is 1.58. The first-order valence-corrected chi connectivity index (χ1v) is 9.41. The van der Waals surface area contributed by atoms with Gasteiger partial charge in [-0.05, 0) is 30.2 Å². The van der Waals surface area contributed by atoms with E-state index >= 15 is 0 Å². The van der Waals surface area contributed by atoms with Crippen molar-refractivity contribution in [2.24, 2.45) is 0 Å². The van der Waals surface area contributed by atoms with Gasteiger partial charge in [-0.3, -0.25) is 4.79 Å². The van der Waals surface area contributed by atoms with Gasteiger partial charge in [0.15, 0.2) is 12.7 Å². The average molecular weight is 389 g/mol. The van der Waals surface area contributed by atoms with Crippen LogP contribution in [0.1, 0.15) is 24.1 Å². The Hall–Kier alpha value is -3.60. The minimum Gasteiger partial charge on any atom is -0.479 e. The first kappa shape index (κ1) is 20.1. The van der Waals surface area contributed by atoms with E-state index in [0.29, 0.717) is 5.75 Å². The molecule has 3 aromatic rings. The van der Waals surface area contributed by atoms with Crippen LogP contribution in [0.15, 0.2) is 91.0 Å². The summed E-state index contributed by atoms with van der Waals surface area (Å²) in [6.45, 7) is 1.21. The molecule has 3 aromatic carbocycles. The fraction of sp³-hybridized carbons (Fsp3) is 0.167. The number of nitrogens with one attached hydrogen (secondary N) is 1. The SMILES string of the molecule is CC(Oc1ccccc1)C(=O)OCC(=O)NC(c1ccccc1)c1ccccc1. The minimum atomic E-state index is -0.816. The standard InChI is InChI=1S/C24H23NO4/c1-18(29-21-15-9-4-10-16-21)24(27)28-17-22(26)25-23(19-11-5-2-6-12-19)20-13-7-3-8-14-20/h2-16,18,23H,17H2,1H3,(H,25,26). The summed E-state index contributed by atoms with van der Waals surface area (Å²) in [6.07, 6.45) is -0.816. The van der Waals surface area contributed by atoms with Gasteiger partial charge in [0.1, 0.15) is 5.75 Å². The minimum absolute atomic E-state index is 0.332. The lowest BCUT2D eigenvalue weighted by atomic mass is 9.99. The number of esters is 1. The molecule has 0 fully saturated rings. The Labute approximate surface area is 170 Å². The van der Waals surface area contributed by atoms with E-state index in [0.717, 1.165) is 11.1 Å². The molecule has 0 saturated heterocycles. The van der Waals surface area contributed by atoms with Gasteiger partial charge in [0, 0.05) is 0 Å². The zero-order valence-electron chi connectivity index (χ0n) is 16.2. The number of para-hydroxylation sites is 1. The number of hydrogen-bond donors (Lipinski definition) is 1. The fourth-order valence-corrected chi connectivity index (χ4v) is 2.86. The predicted octanol–water partition coefficient (Wildman–Crippen LogP) is 3.90. The second-order valence-electron chi connectivity index (χ2n) is 6.50. The summed E-state index contributed by atoms with van der Waals surface area (Å²) in [4.78, 5) is 24.6. The molecule has 1 unspecified atom stereocenters. The molecule has 0 aromatic heterocycles. The maximum Gasteiger partial charge on any atom is 0.347 e. The van der Waals surface area contributed by atoms with Crippen molar-refractivity contribution in [3.8, 4) is 5.75 Å². The summed E-state index contributed by atoms with van der Waals surface area (Å²) >= 11 is 0. The number of carbonyl (C=O) groups excluding carboxylic acids is 2. The van der Waals surface area contributed by atoms with Crippen LogP contribution in [0.2, 0.25) is 0 Å². The Morgan fingerprint density at radius 3 is 1.79 bits per heavy atom. The van der Waals surface area contributed by atoms with Crippen LogP contribution in [-0.4, -0.2) is 24.6 Å². The highest BCUT2D eigenvalue weighted by atomic mass is 16.6. The van der Waals surface area contributed by atoms with Gasteiger partial charge in [0.2, 0.25) is 0 Å². The first-order valence-electron chi connectivity index (χ1n) is 9.41. The number of hydrogen-bond acceptors (Lipinski definition) is 4. The van der Waals surface area contributed by atoms with Gasteiger partial charge in [0.25, 0.3) is 5.91 Å². The second kappa shape index (κ2) is 10.1. The van der Waals surface area contributed by atoms with Gasteiger partial charge in [-0.15, -0.1) is 0 Å². The van der Waals surface area contributed by atoms with Crippen molar-refractivity contribution in [1.82, 2.24) is 5.32 Å². The van der Waals surface area contributed by atoms with Crippen LogP contribution in [-0.2, 0) is 14.3 Å². The maximum atomic E-state index is 12.5. The molecule has 0 aliphatic rings. The molecule has 148 valence electrons. The fourth-order valence-electron chi connectivity index (χ4n) is 2.86. The van der Waals surface area contributed by atoms with Crippen LogP contribution in [0.3, 0.4) is 0 Å². The molecule has 0 heterocycles. The van der Waals surface area contributed by atoms with Crippen molar-refractivity contribution < 1.29 is 19.1 Å². The Morgan fingerprint density at radius 1 is 0.793 bits per heavy atom. The predicted molar refractivity (Wildman–Crippen MR) is 110 cm³/mol. The monoisotopic (exact) mass is 389 g/mol. The smallest absolute Gasteiger partial charge is 0.347 e. The molecule has 0 aliphatic carbocycles. The lowest BCUT2D eigenvalue weighted by Gasteiger charge is -2.20. The van der Waals surface area contributed by atoms with E-state index in [1.165, 1.54) is 0 Å². The Bertz CT molecular complexity index is 874. The van der Waals surface area contributed by atoms with Crippen LogP contribution < -0.4 is 10.1 Å². The number of amides is 1. The topological polar surface area (TPSA) is 64.6 Å². The van der Waals surface area contributed by atoms with E-state index in [2.05, 4.69) is 5.32 Å². The van der Waals surface area contributed by atoms with Gasteiger partial charge >= 0.3 is 5.97 Å². The summed E-state index contributed by atoms with van der Waals surface area (Å²) in [5.74, 6) is -0.419. The van der Waals surface area contributed by atoms with E-state index in [-0.39, 0.29) is 18.6 Å². The van der Waals surface area contributed by atoms with Gasteiger partial charge in [0.05, 0.1) is 6.04 Å². The van der Waals surface area contributed by atoms with Gasteiger partial charge in [-0.2, -0.15) is 0 Å². The molecule has 0 spiro atoms. The van der Waals surface area contributed by atoms with Crippen molar-refractivity contribution in [3.63, 3.8) is 0 Å². The molecule has 1 amide bonds. The zero-order chi connectivity index (χ0) is 20.5. The van der Waals surface area contributed by atoms with Crippen molar-refractivity contribution >= 4 is 11.9 Å². The quantitative estimate of drug-likeness (QED) is 0.594. The summed E-state index contributed by atoms with van der Waals surface area (Å²) < 4.78 is 10.7. The molecule has 0 aliphatic heterocycles. The van der Waals surface area contributed by atoms with Gasteiger partial charge in [-0.25, -0.2) is 4.79 Å². The molecule has 3 rings (SSSR count). The first-order chi connectivity index (χ1) is 14.1. The molecule has 29 heavy (non-hydrogen) atoms. The summed E-state index contributed by atoms with van der Waals surface area (Å²) in [6, 6.07) is 27.9. The number of ether oxygens (including phenoxy) is 2. The highest BCUT2D eigenvalue weighted by Gasteiger charge is 2.20. The lowest BCUT2D eigenvalue weighted by molar-refractivity contribution is -0.154. The number of benzene rings is 3. The van der Waals surface area contributed by atoms with Crippen molar-refractivity contribution in [1.29, 1.82) is 0 Å².